The minimum absolute atomic E-state index is 0.128. The Morgan fingerprint density at radius 3 is 2.55 bits per heavy atom. The quantitative estimate of drug-likeness (QED) is 0.369. The summed E-state index contributed by atoms with van der Waals surface area (Å²) < 4.78 is 7.32. The maximum absolute atomic E-state index is 14.1. The van der Waals surface area contributed by atoms with Crippen molar-refractivity contribution >= 4 is 29.3 Å². The Bertz CT molecular complexity index is 1500. The summed E-state index contributed by atoms with van der Waals surface area (Å²) in [6, 6.07) is 22.5. The molecule has 0 unspecified atom stereocenters. The summed E-state index contributed by atoms with van der Waals surface area (Å²) in [7, 11) is 1.61. The second kappa shape index (κ2) is 10.8. The molecule has 8 heteroatoms. The van der Waals surface area contributed by atoms with E-state index in [1.165, 1.54) is 11.8 Å². The summed E-state index contributed by atoms with van der Waals surface area (Å²) in [5.41, 5.74) is 5.85. The molecule has 194 valence electrons. The fraction of sp³-hybridized carbons (Fsp3) is 0.233. The number of amides is 2. The average Bonchev–Trinajstić information content (AvgIpc) is 3.17. The SMILES string of the molecule is COc1ccccc1CNC(=O)[C@H]1c2c(C)nn(-c3ccccc3)c2SCC(=O)N1c1cc(C)ccc1C. The summed E-state index contributed by atoms with van der Waals surface area (Å²) in [5, 5.41) is 8.72. The maximum Gasteiger partial charge on any atom is 0.248 e. The first kappa shape index (κ1) is 25.6. The van der Waals surface area contributed by atoms with Gasteiger partial charge >= 0.3 is 0 Å². The van der Waals surface area contributed by atoms with Gasteiger partial charge in [-0.1, -0.05) is 60.3 Å². The van der Waals surface area contributed by atoms with E-state index in [2.05, 4.69) is 5.32 Å². The summed E-state index contributed by atoms with van der Waals surface area (Å²) >= 11 is 1.42. The number of thioether (sulfide) groups is 1. The van der Waals surface area contributed by atoms with E-state index in [4.69, 9.17) is 9.84 Å². The number of hydrogen-bond donors (Lipinski definition) is 1. The highest BCUT2D eigenvalue weighted by Crippen LogP contribution is 2.42. The Kier molecular flexibility index (Phi) is 7.24. The first-order valence-electron chi connectivity index (χ1n) is 12.5. The third-order valence-electron chi connectivity index (χ3n) is 6.71. The van der Waals surface area contributed by atoms with Crippen LogP contribution in [0.15, 0.2) is 77.8 Å². The molecule has 0 radical (unpaired) electrons. The Morgan fingerprint density at radius 1 is 1.05 bits per heavy atom. The van der Waals surface area contributed by atoms with Crippen LogP contribution in [0.3, 0.4) is 0 Å². The number of carbonyl (C=O) groups excluding carboxylic acids is 2. The summed E-state index contributed by atoms with van der Waals surface area (Å²) in [4.78, 5) is 29.5. The van der Waals surface area contributed by atoms with Crippen LogP contribution in [0.4, 0.5) is 5.69 Å². The predicted molar refractivity (Wildman–Crippen MR) is 150 cm³/mol. The van der Waals surface area contributed by atoms with Crippen LogP contribution in [0.25, 0.3) is 5.69 Å². The fourth-order valence-corrected chi connectivity index (χ4v) is 5.90. The predicted octanol–water partition coefficient (Wildman–Crippen LogP) is 5.30. The molecule has 0 saturated heterocycles. The number of nitrogens with zero attached hydrogens (tertiary/aromatic N) is 3. The molecule has 1 aliphatic rings. The van der Waals surface area contributed by atoms with Gasteiger partial charge in [0.25, 0.3) is 0 Å². The molecule has 2 amide bonds. The van der Waals surface area contributed by atoms with Crippen LogP contribution in [0.1, 0.15) is 34.0 Å². The van der Waals surface area contributed by atoms with Gasteiger partial charge in [0, 0.05) is 23.4 Å². The molecule has 1 aromatic heterocycles. The van der Waals surface area contributed by atoms with Crippen LogP contribution < -0.4 is 15.0 Å². The van der Waals surface area contributed by atoms with E-state index in [1.807, 2.05) is 98.2 Å². The normalized spacial score (nSPS) is 15.1. The molecule has 0 saturated carbocycles. The number of anilines is 1. The molecule has 38 heavy (non-hydrogen) atoms. The maximum atomic E-state index is 14.1. The summed E-state index contributed by atoms with van der Waals surface area (Å²) in [5.74, 6) is 0.482. The van der Waals surface area contributed by atoms with Crippen molar-refractivity contribution in [3.8, 4) is 11.4 Å². The molecule has 1 atom stereocenters. The number of para-hydroxylation sites is 2. The van der Waals surface area contributed by atoms with Gasteiger partial charge in [-0.2, -0.15) is 5.10 Å². The van der Waals surface area contributed by atoms with Crippen molar-refractivity contribution in [3.05, 3.63) is 101 Å². The number of nitrogens with one attached hydrogen (secondary N) is 1. The van der Waals surface area contributed by atoms with Crippen molar-refractivity contribution in [2.24, 2.45) is 0 Å². The highest BCUT2D eigenvalue weighted by atomic mass is 32.2. The van der Waals surface area contributed by atoms with Gasteiger partial charge in [-0.25, -0.2) is 4.68 Å². The zero-order valence-corrected chi connectivity index (χ0v) is 22.7. The first-order chi connectivity index (χ1) is 18.4. The van der Waals surface area contributed by atoms with E-state index in [0.29, 0.717) is 11.4 Å². The zero-order chi connectivity index (χ0) is 26.8. The first-order valence-corrected chi connectivity index (χ1v) is 13.4. The van der Waals surface area contributed by atoms with Gasteiger partial charge in [0.2, 0.25) is 11.8 Å². The van der Waals surface area contributed by atoms with Gasteiger partial charge in [-0.05, 0) is 56.2 Å². The zero-order valence-electron chi connectivity index (χ0n) is 21.9. The third kappa shape index (κ3) is 4.79. The van der Waals surface area contributed by atoms with Gasteiger partial charge in [-0.15, -0.1) is 0 Å². The minimum atomic E-state index is -0.889. The minimum Gasteiger partial charge on any atom is -0.496 e. The van der Waals surface area contributed by atoms with Crippen molar-refractivity contribution in [1.29, 1.82) is 0 Å². The second-order valence-corrected chi connectivity index (χ2v) is 10.3. The van der Waals surface area contributed by atoms with Crippen LogP contribution >= 0.6 is 11.8 Å². The smallest absolute Gasteiger partial charge is 0.248 e. The van der Waals surface area contributed by atoms with Gasteiger partial charge in [0.15, 0.2) is 0 Å². The van der Waals surface area contributed by atoms with Crippen molar-refractivity contribution in [2.75, 3.05) is 17.8 Å². The van der Waals surface area contributed by atoms with Crippen LogP contribution in [0.5, 0.6) is 5.75 Å². The Balaban J connectivity index is 1.64. The highest BCUT2D eigenvalue weighted by Gasteiger charge is 2.41. The number of fused-ring (bicyclic) bond motifs is 1. The molecule has 3 aromatic carbocycles. The molecule has 1 aliphatic heterocycles. The Hall–Kier alpha value is -4.04. The van der Waals surface area contributed by atoms with Crippen molar-refractivity contribution in [1.82, 2.24) is 15.1 Å². The van der Waals surface area contributed by atoms with E-state index in [0.717, 1.165) is 38.7 Å². The van der Waals surface area contributed by atoms with Gasteiger partial charge in [0.05, 0.1) is 24.2 Å². The fourth-order valence-electron chi connectivity index (χ4n) is 4.82. The molecule has 0 spiro atoms. The lowest BCUT2D eigenvalue weighted by molar-refractivity contribution is -0.126. The molecule has 1 N–H and O–H groups in total. The molecular formula is C30H30N4O3S. The van der Waals surface area contributed by atoms with Crippen molar-refractivity contribution in [2.45, 2.75) is 38.4 Å². The molecule has 5 rings (SSSR count). The van der Waals surface area contributed by atoms with Gasteiger partial charge in [-0.3, -0.25) is 14.5 Å². The lowest BCUT2D eigenvalue weighted by Gasteiger charge is -2.31. The number of methoxy groups -OCH3 is 1. The number of aromatic nitrogens is 2. The topological polar surface area (TPSA) is 76.5 Å². The van der Waals surface area contributed by atoms with Crippen molar-refractivity contribution < 1.29 is 14.3 Å². The number of ether oxygens (including phenoxy) is 1. The van der Waals surface area contributed by atoms with Crippen LogP contribution in [0.2, 0.25) is 0 Å². The molecule has 0 bridgehead atoms. The molecule has 0 aliphatic carbocycles. The molecule has 4 aromatic rings. The third-order valence-corrected chi connectivity index (χ3v) is 7.77. The molecule has 0 fully saturated rings. The summed E-state index contributed by atoms with van der Waals surface area (Å²) in [6.07, 6.45) is 0. The number of aryl methyl sites for hydroxylation is 3. The van der Waals surface area contributed by atoms with Crippen LogP contribution in [0, 0.1) is 20.8 Å². The van der Waals surface area contributed by atoms with E-state index in [1.54, 1.807) is 12.0 Å². The standard InChI is InChI=1S/C30H30N4O3S/c1-19-14-15-20(2)24(16-19)33-26(35)18-38-30-27(21(3)32-34(30)23-11-6-5-7-12-23)28(33)29(36)31-17-22-10-8-9-13-25(22)37-4/h5-16,28H,17-18H2,1-4H3,(H,31,36)/t28-/m1/s1. The van der Waals surface area contributed by atoms with Crippen LogP contribution in [-0.4, -0.2) is 34.5 Å². The Morgan fingerprint density at radius 2 is 1.79 bits per heavy atom. The number of carbonyl (C=O) groups is 2. The van der Waals surface area contributed by atoms with Gasteiger partial charge in [0.1, 0.15) is 16.8 Å². The van der Waals surface area contributed by atoms with E-state index < -0.39 is 6.04 Å². The number of hydrogen-bond acceptors (Lipinski definition) is 5. The molecule has 7 nitrogen and oxygen atoms in total. The Labute approximate surface area is 226 Å². The lowest BCUT2D eigenvalue weighted by atomic mass is 10.0. The largest absolute Gasteiger partial charge is 0.496 e. The second-order valence-electron chi connectivity index (χ2n) is 9.33. The lowest BCUT2D eigenvalue weighted by Crippen LogP contribution is -2.44. The summed E-state index contributed by atoms with van der Waals surface area (Å²) in [6.45, 7) is 6.12. The number of rotatable bonds is 6. The average molecular weight is 527 g/mol. The van der Waals surface area contributed by atoms with Gasteiger partial charge < -0.3 is 10.1 Å². The van der Waals surface area contributed by atoms with Crippen LogP contribution in [-0.2, 0) is 16.1 Å². The van der Waals surface area contributed by atoms with E-state index in [9.17, 15) is 9.59 Å². The monoisotopic (exact) mass is 526 g/mol. The number of benzene rings is 3. The van der Waals surface area contributed by atoms with E-state index >= 15 is 0 Å². The highest BCUT2D eigenvalue weighted by molar-refractivity contribution is 8.00. The molecule has 2 heterocycles. The van der Waals surface area contributed by atoms with E-state index in [-0.39, 0.29) is 24.1 Å². The molecular weight excluding hydrogens is 496 g/mol. The van der Waals surface area contributed by atoms with Crippen molar-refractivity contribution in [3.63, 3.8) is 0 Å².